The molecular formula is C20H24N4O2. The Hall–Kier alpha value is -2.86. The summed E-state index contributed by atoms with van der Waals surface area (Å²) in [5.41, 5.74) is 7.35. The van der Waals surface area contributed by atoms with Crippen molar-refractivity contribution in [2.24, 2.45) is 11.7 Å². The van der Waals surface area contributed by atoms with Gasteiger partial charge in [0.15, 0.2) is 0 Å². The zero-order chi connectivity index (χ0) is 18.6. The lowest BCUT2D eigenvalue weighted by molar-refractivity contribution is 0.0898. The minimum absolute atomic E-state index is 0.148. The number of carbonyl (C=O) groups is 2. The van der Waals surface area contributed by atoms with Crippen LogP contribution in [-0.4, -0.2) is 24.0 Å². The molecule has 3 amide bonds. The zero-order valence-electron chi connectivity index (χ0n) is 14.8. The van der Waals surface area contributed by atoms with Crippen molar-refractivity contribution in [3.8, 4) is 0 Å². The maximum atomic E-state index is 12.5. The quantitative estimate of drug-likeness (QED) is 0.643. The molecule has 0 spiro atoms. The fourth-order valence-electron chi connectivity index (χ4n) is 2.89. The molecular weight excluding hydrogens is 328 g/mol. The van der Waals surface area contributed by atoms with Crippen LogP contribution in [0.3, 0.4) is 0 Å². The second kappa shape index (κ2) is 7.58. The van der Waals surface area contributed by atoms with Crippen LogP contribution in [0.2, 0.25) is 0 Å². The third-order valence-electron chi connectivity index (χ3n) is 4.74. The highest BCUT2D eigenvalue weighted by molar-refractivity contribution is 6.00. The lowest BCUT2D eigenvalue weighted by Crippen LogP contribution is -2.53. The Kier molecular flexibility index (Phi) is 5.23. The van der Waals surface area contributed by atoms with E-state index in [0.29, 0.717) is 29.4 Å². The summed E-state index contributed by atoms with van der Waals surface area (Å²) in [5.74, 6) is 0.309. The van der Waals surface area contributed by atoms with Crippen LogP contribution >= 0.6 is 0 Å². The summed E-state index contributed by atoms with van der Waals surface area (Å²) in [6.07, 6.45) is 2.21. The lowest BCUT2D eigenvalue weighted by Gasteiger charge is -2.29. The van der Waals surface area contributed by atoms with Gasteiger partial charge in [-0.05, 0) is 62.1 Å². The van der Waals surface area contributed by atoms with Crippen LogP contribution in [0.25, 0.3) is 0 Å². The number of hydrogen-bond acceptors (Lipinski definition) is 3. The second-order valence-electron chi connectivity index (χ2n) is 6.87. The number of para-hydroxylation sites is 1. The number of carbonyl (C=O) groups excluding carboxylic acids is 2. The van der Waals surface area contributed by atoms with E-state index in [4.69, 9.17) is 5.73 Å². The van der Waals surface area contributed by atoms with E-state index in [9.17, 15) is 9.59 Å². The van der Waals surface area contributed by atoms with Crippen molar-refractivity contribution < 1.29 is 9.59 Å². The van der Waals surface area contributed by atoms with Crippen LogP contribution in [0.4, 0.5) is 16.2 Å². The van der Waals surface area contributed by atoms with Gasteiger partial charge in [0, 0.05) is 23.5 Å². The SMILES string of the molecule is CC(CN)(NC(=O)c1ccc(NC(=O)Nc2ccccc2)cc1)C1CC1. The molecule has 2 aromatic carbocycles. The molecule has 1 saturated carbocycles. The van der Waals surface area contributed by atoms with E-state index < -0.39 is 0 Å². The van der Waals surface area contributed by atoms with E-state index in [-0.39, 0.29) is 17.5 Å². The minimum atomic E-state index is -0.358. The molecule has 0 bridgehead atoms. The van der Waals surface area contributed by atoms with Gasteiger partial charge in [-0.2, -0.15) is 0 Å². The van der Waals surface area contributed by atoms with Gasteiger partial charge in [0.1, 0.15) is 0 Å². The van der Waals surface area contributed by atoms with Gasteiger partial charge in [0.25, 0.3) is 5.91 Å². The van der Waals surface area contributed by atoms with Gasteiger partial charge >= 0.3 is 6.03 Å². The van der Waals surface area contributed by atoms with E-state index in [1.165, 1.54) is 0 Å². The van der Waals surface area contributed by atoms with Gasteiger partial charge in [0.05, 0.1) is 5.54 Å². The predicted molar refractivity (Wildman–Crippen MR) is 103 cm³/mol. The number of benzene rings is 2. The Balaban J connectivity index is 1.57. The summed E-state index contributed by atoms with van der Waals surface area (Å²) in [6, 6.07) is 15.6. The first-order chi connectivity index (χ1) is 12.5. The molecule has 3 rings (SSSR count). The maximum absolute atomic E-state index is 12.5. The summed E-state index contributed by atoms with van der Waals surface area (Å²) >= 11 is 0. The van der Waals surface area contributed by atoms with Crippen LogP contribution in [-0.2, 0) is 0 Å². The number of hydrogen-bond donors (Lipinski definition) is 4. The van der Waals surface area contributed by atoms with Crippen LogP contribution in [0.1, 0.15) is 30.1 Å². The molecule has 2 aromatic rings. The molecule has 136 valence electrons. The fraction of sp³-hybridized carbons (Fsp3) is 0.300. The molecule has 26 heavy (non-hydrogen) atoms. The lowest BCUT2D eigenvalue weighted by atomic mass is 9.95. The minimum Gasteiger partial charge on any atom is -0.345 e. The monoisotopic (exact) mass is 352 g/mol. The molecule has 6 nitrogen and oxygen atoms in total. The van der Waals surface area contributed by atoms with E-state index in [1.807, 2.05) is 25.1 Å². The summed E-state index contributed by atoms with van der Waals surface area (Å²) in [5, 5.41) is 8.54. The van der Waals surface area contributed by atoms with E-state index >= 15 is 0 Å². The van der Waals surface area contributed by atoms with Crippen molar-refractivity contribution in [1.82, 2.24) is 5.32 Å². The number of urea groups is 1. The first-order valence-corrected chi connectivity index (χ1v) is 8.76. The van der Waals surface area contributed by atoms with Crippen LogP contribution in [0.5, 0.6) is 0 Å². The number of rotatable bonds is 6. The molecule has 0 aliphatic heterocycles. The molecule has 6 heteroatoms. The van der Waals surface area contributed by atoms with Crippen molar-refractivity contribution in [3.63, 3.8) is 0 Å². The molecule has 1 fully saturated rings. The van der Waals surface area contributed by atoms with Crippen LogP contribution in [0, 0.1) is 5.92 Å². The van der Waals surface area contributed by atoms with Gasteiger partial charge in [-0.25, -0.2) is 4.79 Å². The average molecular weight is 352 g/mol. The van der Waals surface area contributed by atoms with E-state index in [1.54, 1.807) is 36.4 Å². The molecule has 1 aliphatic carbocycles. The fourth-order valence-corrected chi connectivity index (χ4v) is 2.89. The first kappa shape index (κ1) is 17.9. The van der Waals surface area contributed by atoms with Crippen LogP contribution < -0.4 is 21.7 Å². The number of anilines is 2. The summed E-state index contributed by atoms with van der Waals surface area (Å²) < 4.78 is 0. The van der Waals surface area contributed by atoms with Crippen molar-refractivity contribution in [2.75, 3.05) is 17.2 Å². The Morgan fingerprint density at radius 1 is 1.00 bits per heavy atom. The normalized spacial score (nSPS) is 15.6. The topological polar surface area (TPSA) is 96.2 Å². The Morgan fingerprint density at radius 3 is 2.12 bits per heavy atom. The Morgan fingerprint density at radius 2 is 1.58 bits per heavy atom. The Bertz CT molecular complexity index is 772. The standard InChI is InChI=1S/C20H24N4O2/c1-20(13-21,15-9-10-15)24-18(25)14-7-11-17(12-8-14)23-19(26)22-16-5-3-2-4-6-16/h2-8,11-12,15H,9-10,13,21H2,1H3,(H,24,25)(H2,22,23,26). The molecule has 5 N–H and O–H groups in total. The Labute approximate surface area is 153 Å². The first-order valence-electron chi connectivity index (χ1n) is 8.76. The van der Waals surface area contributed by atoms with Gasteiger partial charge < -0.3 is 21.7 Å². The van der Waals surface area contributed by atoms with E-state index in [0.717, 1.165) is 12.8 Å². The highest BCUT2D eigenvalue weighted by Crippen LogP contribution is 2.39. The molecule has 0 radical (unpaired) electrons. The third-order valence-corrected chi connectivity index (χ3v) is 4.74. The molecule has 0 heterocycles. The molecule has 1 unspecified atom stereocenters. The highest BCUT2D eigenvalue weighted by Gasteiger charge is 2.41. The van der Waals surface area contributed by atoms with Crippen molar-refractivity contribution in [2.45, 2.75) is 25.3 Å². The number of nitrogens with two attached hydrogens (primary N) is 1. The summed E-state index contributed by atoms with van der Waals surface area (Å²) in [6.45, 7) is 2.41. The van der Waals surface area contributed by atoms with E-state index in [2.05, 4.69) is 16.0 Å². The summed E-state index contributed by atoms with van der Waals surface area (Å²) in [4.78, 5) is 24.5. The molecule has 1 aliphatic rings. The van der Waals surface area contributed by atoms with Gasteiger partial charge in [-0.15, -0.1) is 0 Å². The van der Waals surface area contributed by atoms with Gasteiger partial charge in [-0.3, -0.25) is 4.79 Å². The average Bonchev–Trinajstić information content (AvgIpc) is 3.48. The van der Waals surface area contributed by atoms with Crippen molar-refractivity contribution >= 4 is 23.3 Å². The molecule has 1 atom stereocenters. The highest BCUT2D eigenvalue weighted by atomic mass is 16.2. The smallest absolute Gasteiger partial charge is 0.323 e. The van der Waals surface area contributed by atoms with Crippen molar-refractivity contribution in [1.29, 1.82) is 0 Å². The molecule has 0 saturated heterocycles. The predicted octanol–water partition coefficient (Wildman–Crippen LogP) is 3.19. The number of nitrogens with one attached hydrogen (secondary N) is 3. The van der Waals surface area contributed by atoms with Crippen molar-refractivity contribution in [3.05, 3.63) is 60.2 Å². The zero-order valence-corrected chi connectivity index (χ0v) is 14.8. The second-order valence-corrected chi connectivity index (χ2v) is 6.87. The number of amides is 3. The molecule has 0 aromatic heterocycles. The summed E-state index contributed by atoms with van der Waals surface area (Å²) in [7, 11) is 0. The maximum Gasteiger partial charge on any atom is 0.323 e. The third kappa shape index (κ3) is 4.40. The van der Waals surface area contributed by atoms with Crippen LogP contribution in [0.15, 0.2) is 54.6 Å². The van der Waals surface area contributed by atoms with Gasteiger partial charge in [-0.1, -0.05) is 18.2 Å². The van der Waals surface area contributed by atoms with Gasteiger partial charge in [0.2, 0.25) is 0 Å². The largest absolute Gasteiger partial charge is 0.345 e.